The second-order valence-corrected chi connectivity index (χ2v) is 4.39. The van der Waals surface area contributed by atoms with Gasteiger partial charge in [-0.05, 0) is 18.2 Å². The van der Waals surface area contributed by atoms with Gasteiger partial charge >= 0.3 is 0 Å². The lowest BCUT2D eigenvalue weighted by atomic mass is 10.2. The van der Waals surface area contributed by atoms with Crippen LogP contribution < -0.4 is 9.47 Å². The minimum atomic E-state index is -0.498. The average Bonchev–Trinajstić information content (AvgIpc) is 2.48. The fourth-order valence-corrected chi connectivity index (χ4v) is 1.87. The number of ether oxygens (including phenoxy) is 2. The summed E-state index contributed by atoms with van der Waals surface area (Å²) in [5.41, 5.74) is 0.812. The Hall–Kier alpha value is -2.25. The molecule has 0 aromatic heterocycles. The van der Waals surface area contributed by atoms with Crippen LogP contribution in [0.3, 0.4) is 0 Å². The number of nitriles is 1. The van der Waals surface area contributed by atoms with Crippen LogP contribution in [0.15, 0.2) is 36.4 Å². The minimum Gasteiger partial charge on any atom is -0.493 e. The molecule has 0 N–H and O–H groups in total. The normalized spacial score (nSPS) is 9.90. The highest BCUT2D eigenvalue weighted by Gasteiger charge is 2.09. The summed E-state index contributed by atoms with van der Waals surface area (Å²) in [5.74, 6) is 0.360. The molecule has 0 atom stereocenters. The Bertz CT molecular complexity index is 667. The first-order valence-corrected chi connectivity index (χ1v) is 6.17. The Labute approximate surface area is 121 Å². The lowest BCUT2D eigenvalue weighted by molar-refractivity contribution is 0.279. The molecule has 102 valence electrons. The van der Waals surface area contributed by atoms with Crippen LogP contribution >= 0.6 is 11.6 Å². The van der Waals surface area contributed by atoms with Gasteiger partial charge in [0.15, 0.2) is 11.5 Å². The SMILES string of the molecule is COc1cc(C#N)ccc1OCc1cccc(Cl)c1F. The number of rotatable bonds is 4. The van der Waals surface area contributed by atoms with E-state index in [2.05, 4.69) is 0 Å². The first-order chi connectivity index (χ1) is 9.65. The Balaban J connectivity index is 2.19. The summed E-state index contributed by atoms with van der Waals surface area (Å²) < 4.78 is 24.4. The molecule has 0 aliphatic heterocycles. The number of halogens is 2. The molecule has 0 radical (unpaired) electrons. The summed E-state index contributed by atoms with van der Waals surface area (Å²) in [5, 5.41) is 8.87. The van der Waals surface area contributed by atoms with E-state index in [1.807, 2.05) is 6.07 Å². The van der Waals surface area contributed by atoms with Crippen molar-refractivity contribution in [1.29, 1.82) is 5.26 Å². The van der Waals surface area contributed by atoms with Crippen LogP contribution in [0.1, 0.15) is 11.1 Å². The van der Waals surface area contributed by atoms with Crippen molar-refractivity contribution in [1.82, 2.24) is 0 Å². The average molecular weight is 292 g/mol. The van der Waals surface area contributed by atoms with E-state index in [1.54, 1.807) is 30.3 Å². The molecule has 0 unspecified atom stereocenters. The molecule has 0 bridgehead atoms. The molecule has 0 saturated carbocycles. The molecule has 0 aliphatic carbocycles. The standard InChI is InChI=1S/C15H11ClFNO2/c1-19-14-7-10(8-18)5-6-13(14)20-9-11-3-2-4-12(16)15(11)17/h2-7H,9H2,1H3. The van der Waals surface area contributed by atoms with Crippen molar-refractivity contribution in [3.8, 4) is 17.6 Å². The molecule has 2 aromatic carbocycles. The molecule has 3 nitrogen and oxygen atoms in total. The third kappa shape index (κ3) is 3.01. The lowest BCUT2D eigenvalue weighted by Crippen LogP contribution is -2.00. The van der Waals surface area contributed by atoms with E-state index in [4.69, 9.17) is 26.3 Å². The number of nitrogens with zero attached hydrogens (tertiary/aromatic N) is 1. The van der Waals surface area contributed by atoms with Crippen molar-refractivity contribution in [3.05, 3.63) is 58.4 Å². The third-order valence-corrected chi connectivity index (χ3v) is 3.00. The highest BCUT2D eigenvalue weighted by atomic mass is 35.5. The van der Waals surface area contributed by atoms with Crippen LogP contribution in [0.2, 0.25) is 5.02 Å². The van der Waals surface area contributed by atoms with Gasteiger partial charge in [0, 0.05) is 11.6 Å². The van der Waals surface area contributed by atoms with Crippen LogP contribution in [-0.2, 0) is 6.61 Å². The van der Waals surface area contributed by atoms with Gasteiger partial charge in [-0.1, -0.05) is 23.7 Å². The van der Waals surface area contributed by atoms with Crippen molar-refractivity contribution >= 4 is 11.6 Å². The van der Waals surface area contributed by atoms with Crippen molar-refractivity contribution in [2.45, 2.75) is 6.61 Å². The van der Waals surface area contributed by atoms with E-state index in [0.717, 1.165) is 0 Å². The molecule has 0 saturated heterocycles. The Morgan fingerprint density at radius 3 is 2.75 bits per heavy atom. The van der Waals surface area contributed by atoms with E-state index >= 15 is 0 Å². The first kappa shape index (κ1) is 14.2. The van der Waals surface area contributed by atoms with Gasteiger partial charge in [0.1, 0.15) is 12.4 Å². The minimum absolute atomic E-state index is 0.0225. The maximum atomic E-state index is 13.7. The molecule has 20 heavy (non-hydrogen) atoms. The van der Waals surface area contributed by atoms with E-state index in [0.29, 0.717) is 22.6 Å². The Morgan fingerprint density at radius 2 is 2.05 bits per heavy atom. The number of hydrogen-bond donors (Lipinski definition) is 0. The summed E-state index contributed by atoms with van der Waals surface area (Å²) in [6.45, 7) is 0.0225. The Kier molecular flexibility index (Phi) is 4.44. The second-order valence-electron chi connectivity index (χ2n) is 3.98. The van der Waals surface area contributed by atoms with Gasteiger partial charge in [0.2, 0.25) is 0 Å². The first-order valence-electron chi connectivity index (χ1n) is 5.79. The zero-order valence-electron chi connectivity index (χ0n) is 10.7. The molecular weight excluding hydrogens is 281 g/mol. The lowest BCUT2D eigenvalue weighted by Gasteiger charge is -2.11. The third-order valence-electron chi connectivity index (χ3n) is 2.71. The van der Waals surface area contributed by atoms with Gasteiger partial charge < -0.3 is 9.47 Å². The summed E-state index contributed by atoms with van der Waals surface area (Å²) >= 11 is 5.70. The van der Waals surface area contributed by atoms with Crippen LogP contribution in [0.5, 0.6) is 11.5 Å². The van der Waals surface area contributed by atoms with Gasteiger partial charge in [-0.2, -0.15) is 5.26 Å². The van der Waals surface area contributed by atoms with Gasteiger partial charge in [0.05, 0.1) is 23.8 Å². The number of benzene rings is 2. The molecule has 2 rings (SSSR count). The van der Waals surface area contributed by atoms with Crippen molar-refractivity contribution in [2.24, 2.45) is 0 Å². The highest BCUT2D eigenvalue weighted by Crippen LogP contribution is 2.29. The summed E-state index contributed by atoms with van der Waals surface area (Å²) in [6, 6.07) is 11.5. The molecule has 0 heterocycles. The number of methoxy groups -OCH3 is 1. The molecule has 0 fully saturated rings. The van der Waals surface area contributed by atoms with Crippen LogP contribution in [0.4, 0.5) is 4.39 Å². The van der Waals surface area contributed by atoms with E-state index in [-0.39, 0.29) is 11.6 Å². The van der Waals surface area contributed by atoms with Gasteiger partial charge in [-0.25, -0.2) is 4.39 Å². The van der Waals surface area contributed by atoms with E-state index in [1.165, 1.54) is 13.2 Å². The predicted octanol–water partition coefficient (Wildman–Crippen LogP) is 3.94. The summed E-state index contributed by atoms with van der Waals surface area (Å²) in [7, 11) is 1.48. The fourth-order valence-electron chi connectivity index (χ4n) is 1.67. The quantitative estimate of drug-likeness (QED) is 0.857. The van der Waals surface area contributed by atoms with E-state index < -0.39 is 5.82 Å². The topological polar surface area (TPSA) is 42.2 Å². The van der Waals surface area contributed by atoms with Gasteiger partial charge in [-0.3, -0.25) is 0 Å². The van der Waals surface area contributed by atoms with Crippen LogP contribution in [0.25, 0.3) is 0 Å². The van der Waals surface area contributed by atoms with Crippen molar-refractivity contribution < 1.29 is 13.9 Å². The second kappa shape index (κ2) is 6.27. The summed E-state index contributed by atoms with van der Waals surface area (Å²) in [6.07, 6.45) is 0. The highest BCUT2D eigenvalue weighted by molar-refractivity contribution is 6.30. The fraction of sp³-hybridized carbons (Fsp3) is 0.133. The van der Waals surface area contributed by atoms with Crippen LogP contribution in [0, 0.1) is 17.1 Å². The Morgan fingerprint density at radius 1 is 1.25 bits per heavy atom. The monoisotopic (exact) mass is 291 g/mol. The molecular formula is C15H11ClFNO2. The largest absolute Gasteiger partial charge is 0.493 e. The maximum absolute atomic E-state index is 13.7. The molecule has 0 spiro atoms. The molecule has 2 aromatic rings. The molecule has 5 heteroatoms. The molecule has 0 amide bonds. The van der Waals surface area contributed by atoms with Crippen molar-refractivity contribution in [3.63, 3.8) is 0 Å². The van der Waals surface area contributed by atoms with Gasteiger partial charge in [0.25, 0.3) is 0 Å². The van der Waals surface area contributed by atoms with Crippen molar-refractivity contribution in [2.75, 3.05) is 7.11 Å². The zero-order valence-corrected chi connectivity index (χ0v) is 11.4. The zero-order chi connectivity index (χ0) is 14.5. The number of hydrogen-bond acceptors (Lipinski definition) is 3. The predicted molar refractivity (Wildman–Crippen MR) is 73.5 cm³/mol. The molecule has 0 aliphatic rings. The van der Waals surface area contributed by atoms with Gasteiger partial charge in [-0.15, -0.1) is 0 Å². The van der Waals surface area contributed by atoms with Crippen LogP contribution in [-0.4, -0.2) is 7.11 Å². The smallest absolute Gasteiger partial charge is 0.162 e. The maximum Gasteiger partial charge on any atom is 0.162 e. The summed E-state index contributed by atoms with van der Waals surface area (Å²) in [4.78, 5) is 0. The van der Waals surface area contributed by atoms with E-state index in [9.17, 15) is 4.39 Å².